The zero-order chi connectivity index (χ0) is 24.2. The first-order chi connectivity index (χ1) is 17.1. The molecular formula is C27H33N5O2S. The molecule has 2 heterocycles. The average molecular weight is 492 g/mol. The minimum Gasteiger partial charge on any atom is -0.378 e. The molecule has 0 radical (unpaired) electrons. The fourth-order valence-corrected chi connectivity index (χ4v) is 5.36. The number of anilines is 1. The number of morpholine rings is 1. The van der Waals surface area contributed by atoms with Crippen LogP contribution in [0.5, 0.6) is 0 Å². The van der Waals surface area contributed by atoms with E-state index < -0.39 is 0 Å². The van der Waals surface area contributed by atoms with Gasteiger partial charge in [-0.1, -0.05) is 59.8 Å². The molecule has 8 heteroatoms. The van der Waals surface area contributed by atoms with E-state index in [0.29, 0.717) is 31.4 Å². The quantitative estimate of drug-likeness (QED) is 0.415. The molecule has 1 aliphatic carbocycles. The van der Waals surface area contributed by atoms with Crippen LogP contribution in [0, 0.1) is 12.8 Å². The van der Waals surface area contributed by atoms with Crippen LogP contribution >= 0.6 is 11.8 Å². The standard InChI is InChI=1S/C27H33N5O2S/c1-20-8-12-24(13-9-20)32-26(30-14-16-34-17-15-30)28-29-27(32)35-19-25(33)31(21(2)23-10-11-23)18-22-6-4-3-5-7-22/h3-9,12-13,21,23H,10-11,14-19H2,1-2H3/t21-/m0/s1. The van der Waals surface area contributed by atoms with Gasteiger partial charge in [0.15, 0.2) is 5.16 Å². The first-order valence-corrected chi connectivity index (χ1v) is 13.4. The molecule has 0 unspecified atom stereocenters. The highest BCUT2D eigenvalue weighted by Gasteiger charge is 2.34. The van der Waals surface area contributed by atoms with Crippen molar-refractivity contribution >= 4 is 23.6 Å². The summed E-state index contributed by atoms with van der Waals surface area (Å²) in [6.07, 6.45) is 2.41. The van der Waals surface area contributed by atoms with Crippen molar-refractivity contribution in [3.63, 3.8) is 0 Å². The van der Waals surface area contributed by atoms with Crippen LogP contribution in [0.25, 0.3) is 5.69 Å². The third-order valence-corrected chi connectivity index (χ3v) is 7.75. The molecule has 0 bridgehead atoms. The van der Waals surface area contributed by atoms with E-state index in [9.17, 15) is 4.79 Å². The number of hydrogen-bond donors (Lipinski definition) is 0. The topological polar surface area (TPSA) is 63.5 Å². The summed E-state index contributed by atoms with van der Waals surface area (Å²) in [5.74, 6) is 1.89. The predicted octanol–water partition coefficient (Wildman–Crippen LogP) is 4.33. The predicted molar refractivity (Wildman–Crippen MR) is 139 cm³/mol. The van der Waals surface area contributed by atoms with E-state index in [4.69, 9.17) is 4.74 Å². The maximum absolute atomic E-state index is 13.5. The highest BCUT2D eigenvalue weighted by molar-refractivity contribution is 7.99. The molecule has 1 aliphatic heterocycles. The van der Waals surface area contributed by atoms with Gasteiger partial charge in [0.2, 0.25) is 11.9 Å². The molecule has 7 nitrogen and oxygen atoms in total. The zero-order valence-electron chi connectivity index (χ0n) is 20.5. The number of hydrogen-bond acceptors (Lipinski definition) is 6. The van der Waals surface area contributed by atoms with Gasteiger partial charge in [-0.05, 0) is 50.3 Å². The molecule has 35 heavy (non-hydrogen) atoms. The lowest BCUT2D eigenvalue weighted by Gasteiger charge is -2.30. The van der Waals surface area contributed by atoms with Gasteiger partial charge in [-0.2, -0.15) is 0 Å². The normalized spacial score (nSPS) is 16.8. The lowest BCUT2D eigenvalue weighted by molar-refractivity contribution is -0.131. The van der Waals surface area contributed by atoms with Crippen LogP contribution in [0.4, 0.5) is 5.95 Å². The van der Waals surface area contributed by atoms with Crippen LogP contribution in [0.15, 0.2) is 59.8 Å². The van der Waals surface area contributed by atoms with E-state index in [0.717, 1.165) is 35.4 Å². The molecule has 1 saturated heterocycles. The minimum atomic E-state index is 0.143. The molecular weight excluding hydrogens is 458 g/mol. The Morgan fingerprint density at radius 2 is 1.80 bits per heavy atom. The first-order valence-electron chi connectivity index (χ1n) is 12.4. The van der Waals surface area contributed by atoms with Crippen LogP contribution in [-0.4, -0.2) is 63.7 Å². The lowest BCUT2D eigenvalue weighted by Crippen LogP contribution is -2.40. The van der Waals surface area contributed by atoms with Gasteiger partial charge >= 0.3 is 0 Å². The van der Waals surface area contributed by atoms with Gasteiger partial charge in [-0.3, -0.25) is 9.36 Å². The number of carbonyl (C=O) groups is 1. The molecule has 0 spiro atoms. The molecule has 2 aromatic carbocycles. The summed E-state index contributed by atoms with van der Waals surface area (Å²) in [4.78, 5) is 17.8. The van der Waals surface area contributed by atoms with Crippen LogP contribution in [-0.2, 0) is 16.1 Å². The molecule has 2 aliphatic rings. The Balaban J connectivity index is 1.37. The molecule has 2 fully saturated rings. The number of carbonyl (C=O) groups excluding carboxylic acids is 1. The highest BCUT2D eigenvalue weighted by atomic mass is 32.2. The number of amides is 1. The number of benzene rings is 2. The minimum absolute atomic E-state index is 0.143. The third-order valence-electron chi connectivity index (χ3n) is 6.84. The van der Waals surface area contributed by atoms with E-state index in [1.54, 1.807) is 0 Å². The number of thioether (sulfide) groups is 1. The number of aryl methyl sites for hydroxylation is 1. The Morgan fingerprint density at radius 1 is 1.09 bits per heavy atom. The SMILES string of the molecule is Cc1ccc(-n2c(SCC(=O)N(Cc3ccccc3)[C@@H](C)C3CC3)nnc2N2CCOCC2)cc1. The summed E-state index contributed by atoms with van der Waals surface area (Å²) < 4.78 is 7.61. The maximum atomic E-state index is 13.5. The van der Waals surface area contributed by atoms with Gasteiger partial charge in [0, 0.05) is 25.7 Å². The van der Waals surface area contributed by atoms with E-state index in [1.165, 1.54) is 30.2 Å². The largest absolute Gasteiger partial charge is 0.378 e. The molecule has 1 saturated carbocycles. The second kappa shape index (κ2) is 10.8. The van der Waals surface area contributed by atoms with Crippen LogP contribution < -0.4 is 4.90 Å². The Hall–Kier alpha value is -2.84. The Kier molecular flexibility index (Phi) is 7.39. The van der Waals surface area contributed by atoms with Crippen LogP contribution in [0.2, 0.25) is 0 Å². The van der Waals surface area contributed by atoms with Crippen molar-refractivity contribution in [2.75, 3.05) is 37.0 Å². The summed E-state index contributed by atoms with van der Waals surface area (Å²) in [5, 5.41) is 9.80. The van der Waals surface area contributed by atoms with Crippen molar-refractivity contribution < 1.29 is 9.53 Å². The Labute approximate surface area is 211 Å². The van der Waals surface area contributed by atoms with Crippen LogP contribution in [0.3, 0.4) is 0 Å². The number of aromatic nitrogens is 3. The summed E-state index contributed by atoms with van der Waals surface area (Å²) in [6, 6.07) is 18.9. The molecule has 1 aromatic heterocycles. The summed E-state index contributed by atoms with van der Waals surface area (Å²) in [6.45, 7) is 7.81. The second-order valence-electron chi connectivity index (χ2n) is 9.43. The lowest BCUT2D eigenvalue weighted by atomic mass is 10.1. The summed E-state index contributed by atoms with van der Waals surface area (Å²) in [5.41, 5.74) is 3.37. The summed E-state index contributed by atoms with van der Waals surface area (Å²) >= 11 is 1.47. The number of ether oxygens (including phenoxy) is 1. The van der Waals surface area contributed by atoms with Gasteiger partial charge in [0.1, 0.15) is 0 Å². The van der Waals surface area contributed by atoms with Crippen molar-refractivity contribution in [3.05, 3.63) is 65.7 Å². The molecule has 184 valence electrons. The monoisotopic (exact) mass is 491 g/mol. The molecule has 0 N–H and O–H groups in total. The van der Waals surface area contributed by atoms with Crippen molar-refractivity contribution in [1.82, 2.24) is 19.7 Å². The number of rotatable bonds is 9. The first kappa shape index (κ1) is 23.9. The Morgan fingerprint density at radius 3 is 2.49 bits per heavy atom. The Bertz CT molecular complexity index is 1120. The number of nitrogens with zero attached hydrogens (tertiary/aromatic N) is 5. The van der Waals surface area contributed by atoms with Gasteiger partial charge in [0.05, 0.1) is 24.7 Å². The fraction of sp³-hybridized carbons (Fsp3) is 0.444. The van der Waals surface area contributed by atoms with Gasteiger partial charge in [-0.25, -0.2) is 0 Å². The maximum Gasteiger partial charge on any atom is 0.233 e. The fourth-order valence-electron chi connectivity index (χ4n) is 4.53. The van der Waals surface area contributed by atoms with Crippen molar-refractivity contribution in [1.29, 1.82) is 0 Å². The molecule has 5 rings (SSSR count). The second-order valence-corrected chi connectivity index (χ2v) is 10.4. The van der Waals surface area contributed by atoms with E-state index in [2.05, 4.69) is 74.8 Å². The summed E-state index contributed by atoms with van der Waals surface area (Å²) in [7, 11) is 0. The third kappa shape index (κ3) is 5.70. The van der Waals surface area contributed by atoms with Crippen molar-refractivity contribution in [2.24, 2.45) is 5.92 Å². The average Bonchev–Trinajstić information content (AvgIpc) is 3.66. The van der Waals surface area contributed by atoms with Gasteiger partial charge < -0.3 is 14.5 Å². The smallest absolute Gasteiger partial charge is 0.233 e. The molecule has 1 atom stereocenters. The molecule has 3 aromatic rings. The van der Waals surface area contributed by atoms with Gasteiger partial charge in [0.25, 0.3) is 0 Å². The highest BCUT2D eigenvalue weighted by Crippen LogP contribution is 2.36. The van der Waals surface area contributed by atoms with E-state index in [-0.39, 0.29) is 11.9 Å². The van der Waals surface area contributed by atoms with E-state index >= 15 is 0 Å². The zero-order valence-corrected chi connectivity index (χ0v) is 21.3. The molecule has 1 amide bonds. The van der Waals surface area contributed by atoms with Gasteiger partial charge in [-0.15, -0.1) is 10.2 Å². The van der Waals surface area contributed by atoms with Crippen LogP contribution in [0.1, 0.15) is 30.9 Å². The van der Waals surface area contributed by atoms with Crippen molar-refractivity contribution in [3.8, 4) is 5.69 Å². The van der Waals surface area contributed by atoms with Crippen molar-refractivity contribution in [2.45, 2.75) is 44.4 Å². The van der Waals surface area contributed by atoms with E-state index in [1.807, 2.05) is 18.2 Å².